The Morgan fingerprint density at radius 3 is 1.90 bits per heavy atom. The van der Waals surface area contributed by atoms with Crippen LogP contribution in [0.1, 0.15) is 0 Å². The maximum absolute atomic E-state index is 6.22. The zero-order valence-corrected chi connectivity index (χ0v) is 27.7. The lowest BCUT2D eigenvalue weighted by Gasteiger charge is -2.12. The fourth-order valence-electron chi connectivity index (χ4n) is 7.75. The molecule has 0 N–H and O–H groups in total. The topological polar surface area (TPSA) is 69.6 Å². The van der Waals surface area contributed by atoms with E-state index in [2.05, 4.69) is 143 Å². The Morgan fingerprint density at radius 1 is 0.442 bits per heavy atom. The van der Waals surface area contributed by atoms with Crippen molar-refractivity contribution in [3.63, 3.8) is 0 Å². The SMILES string of the molecule is c1cc(-c2nc(-c3ccc4ccc5ccccc5c4c3)nc(-c3cccc4oc5cnccc5c34)n2)cc(-n2c3ccccc3c3ccccc32)c1. The highest BCUT2D eigenvalue weighted by molar-refractivity contribution is 6.12. The van der Waals surface area contributed by atoms with Crippen LogP contribution in [0.5, 0.6) is 0 Å². The van der Waals surface area contributed by atoms with Gasteiger partial charge in [0.25, 0.3) is 0 Å². The molecule has 0 aliphatic carbocycles. The molecule has 4 aromatic heterocycles. The van der Waals surface area contributed by atoms with Gasteiger partial charge in [-0.05, 0) is 64.0 Å². The molecular formula is C46H27N5O. The Labute approximate surface area is 297 Å². The van der Waals surface area contributed by atoms with Gasteiger partial charge in [0.2, 0.25) is 0 Å². The van der Waals surface area contributed by atoms with Crippen molar-refractivity contribution in [2.75, 3.05) is 0 Å². The van der Waals surface area contributed by atoms with E-state index in [9.17, 15) is 0 Å². The second-order valence-corrected chi connectivity index (χ2v) is 13.1. The molecule has 6 nitrogen and oxygen atoms in total. The minimum Gasteiger partial charge on any atom is -0.454 e. The number of pyridine rings is 1. The summed E-state index contributed by atoms with van der Waals surface area (Å²) in [5.41, 5.74) is 7.49. The van der Waals surface area contributed by atoms with Gasteiger partial charge in [-0.1, -0.05) is 109 Å². The van der Waals surface area contributed by atoms with E-state index in [-0.39, 0.29) is 0 Å². The van der Waals surface area contributed by atoms with E-state index >= 15 is 0 Å². The Hall–Kier alpha value is -7.18. The van der Waals surface area contributed by atoms with Gasteiger partial charge >= 0.3 is 0 Å². The van der Waals surface area contributed by atoms with Crippen LogP contribution >= 0.6 is 0 Å². The van der Waals surface area contributed by atoms with Crippen LogP contribution in [0, 0.1) is 0 Å². The molecule has 0 atom stereocenters. The number of fused-ring (bicyclic) bond motifs is 9. The molecule has 0 saturated carbocycles. The molecule has 0 fully saturated rings. The first-order valence-corrected chi connectivity index (χ1v) is 17.3. The number of rotatable bonds is 4. The van der Waals surface area contributed by atoms with Crippen LogP contribution in [0.2, 0.25) is 0 Å². The van der Waals surface area contributed by atoms with Gasteiger partial charge in [-0.25, -0.2) is 15.0 Å². The molecule has 4 heterocycles. The Bertz CT molecular complexity index is 3160. The fraction of sp³-hybridized carbons (Fsp3) is 0. The van der Waals surface area contributed by atoms with Gasteiger partial charge in [-0.15, -0.1) is 0 Å². The van der Waals surface area contributed by atoms with Gasteiger partial charge in [0, 0.05) is 50.1 Å². The summed E-state index contributed by atoms with van der Waals surface area (Å²) >= 11 is 0. The maximum atomic E-state index is 6.22. The van der Waals surface area contributed by atoms with Crippen LogP contribution in [-0.2, 0) is 0 Å². The number of aromatic nitrogens is 5. The smallest absolute Gasteiger partial charge is 0.164 e. The Morgan fingerprint density at radius 2 is 1.10 bits per heavy atom. The van der Waals surface area contributed by atoms with Crippen LogP contribution in [0.3, 0.4) is 0 Å². The minimum absolute atomic E-state index is 0.574. The summed E-state index contributed by atoms with van der Waals surface area (Å²) in [6, 6.07) is 52.9. The van der Waals surface area contributed by atoms with Gasteiger partial charge in [0.1, 0.15) is 5.58 Å². The Kier molecular flexibility index (Phi) is 6.15. The molecule has 0 saturated heterocycles. The lowest BCUT2D eigenvalue weighted by atomic mass is 9.99. The summed E-state index contributed by atoms with van der Waals surface area (Å²) in [4.78, 5) is 19.9. The highest BCUT2D eigenvalue weighted by Crippen LogP contribution is 2.38. The second kappa shape index (κ2) is 11.2. The van der Waals surface area contributed by atoms with Gasteiger partial charge < -0.3 is 8.98 Å². The zero-order chi connectivity index (χ0) is 34.2. The number of hydrogen-bond acceptors (Lipinski definition) is 5. The van der Waals surface area contributed by atoms with Crippen LogP contribution in [-0.4, -0.2) is 24.5 Å². The third kappa shape index (κ3) is 4.38. The molecule has 0 amide bonds. The summed E-state index contributed by atoms with van der Waals surface area (Å²) in [7, 11) is 0. The van der Waals surface area contributed by atoms with Gasteiger partial charge in [-0.2, -0.15) is 0 Å². The highest BCUT2D eigenvalue weighted by atomic mass is 16.3. The van der Waals surface area contributed by atoms with Gasteiger partial charge in [0.05, 0.1) is 17.2 Å². The van der Waals surface area contributed by atoms with E-state index in [0.717, 1.165) is 60.7 Å². The van der Waals surface area contributed by atoms with Crippen molar-refractivity contribution in [2.24, 2.45) is 0 Å². The molecule has 0 aliphatic rings. The average molecular weight is 666 g/mol. The molecule has 7 aromatic carbocycles. The molecule has 11 aromatic rings. The largest absolute Gasteiger partial charge is 0.454 e. The molecular weight excluding hydrogens is 639 g/mol. The van der Waals surface area contributed by atoms with E-state index < -0.39 is 0 Å². The maximum Gasteiger partial charge on any atom is 0.164 e. The predicted molar refractivity (Wildman–Crippen MR) is 211 cm³/mol. The molecule has 242 valence electrons. The zero-order valence-electron chi connectivity index (χ0n) is 27.7. The molecule has 0 radical (unpaired) electrons. The van der Waals surface area contributed by atoms with Crippen molar-refractivity contribution in [1.29, 1.82) is 0 Å². The molecule has 0 bridgehead atoms. The first kappa shape index (κ1) is 28.6. The second-order valence-electron chi connectivity index (χ2n) is 13.1. The number of benzene rings is 7. The Balaban J connectivity index is 1.16. The van der Waals surface area contributed by atoms with E-state index in [1.807, 2.05) is 18.2 Å². The monoisotopic (exact) mass is 665 g/mol. The first-order valence-electron chi connectivity index (χ1n) is 17.3. The van der Waals surface area contributed by atoms with E-state index in [1.54, 1.807) is 12.4 Å². The number of hydrogen-bond donors (Lipinski definition) is 0. The van der Waals surface area contributed by atoms with Crippen LogP contribution in [0.25, 0.3) is 105 Å². The summed E-state index contributed by atoms with van der Waals surface area (Å²) in [5, 5.41) is 9.06. The van der Waals surface area contributed by atoms with E-state index in [4.69, 9.17) is 19.4 Å². The van der Waals surface area contributed by atoms with Crippen molar-refractivity contribution in [1.82, 2.24) is 24.5 Å². The summed E-state index contributed by atoms with van der Waals surface area (Å²) < 4.78 is 8.54. The number of para-hydroxylation sites is 2. The third-order valence-electron chi connectivity index (χ3n) is 10.1. The molecule has 6 heteroatoms. The molecule has 0 spiro atoms. The standard InChI is InChI=1S/C46H27N5O/c1-2-12-33-28(9-1)19-20-29-21-22-31(26-38(29)33)45-48-44(49-46(50-45)37-15-8-18-41-43(37)36-23-24-47-27-42(36)52-41)30-10-7-11-32(25-30)51-39-16-5-3-13-34(39)35-14-4-6-17-40(35)51/h1-27H. The van der Waals surface area contributed by atoms with Crippen LogP contribution in [0.15, 0.2) is 168 Å². The summed E-state index contributed by atoms with van der Waals surface area (Å²) in [5.74, 6) is 1.76. The van der Waals surface area contributed by atoms with Crippen molar-refractivity contribution in [3.05, 3.63) is 164 Å². The summed E-state index contributed by atoms with van der Waals surface area (Å²) in [6.07, 6.45) is 3.54. The van der Waals surface area contributed by atoms with Crippen LogP contribution in [0.4, 0.5) is 0 Å². The fourth-order valence-corrected chi connectivity index (χ4v) is 7.75. The van der Waals surface area contributed by atoms with Crippen molar-refractivity contribution >= 4 is 65.3 Å². The molecule has 0 aliphatic heterocycles. The minimum atomic E-state index is 0.574. The van der Waals surface area contributed by atoms with Crippen molar-refractivity contribution < 1.29 is 4.42 Å². The molecule has 0 unspecified atom stereocenters. The van der Waals surface area contributed by atoms with Crippen molar-refractivity contribution in [2.45, 2.75) is 0 Å². The van der Waals surface area contributed by atoms with Crippen LogP contribution < -0.4 is 0 Å². The highest BCUT2D eigenvalue weighted by Gasteiger charge is 2.19. The normalized spacial score (nSPS) is 11.8. The average Bonchev–Trinajstić information content (AvgIpc) is 3.77. The number of furan rings is 1. The lowest BCUT2D eigenvalue weighted by Crippen LogP contribution is -2.01. The number of nitrogens with zero attached hydrogens (tertiary/aromatic N) is 5. The predicted octanol–water partition coefficient (Wildman–Crippen LogP) is 11.6. The van der Waals surface area contributed by atoms with Gasteiger partial charge in [-0.3, -0.25) is 4.98 Å². The summed E-state index contributed by atoms with van der Waals surface area (Å²) in [6.45, 7) is 0. The third-order valence-corrected chi connectivity index (χ3v) is 10.1. The van der Waals surface area contributed by atoms with E-state index in [1.165, 1.54) is 26.9 Å². The van der Waals surface area contributed by atoms with Gasteiger partial charge in [0.15, 0.2) is 23.1 Å². The van der Waals surface area contributed by atoms with E-state index in [0.29, 0.717) is 17.5 Å². The molecule has 52 heavy (non-hydrogen) atoms. The molecule has 11 rings (SSSR count). The first-order chi connectivity index (χ1) is 25.8. The van der Waals surface area contributed by atoms with Crippen molar-refractivity contribution in [3.8, 4) is 39.9 Å². The lowest BCUT2D eigenvalue weighted by molar-refractivity contribution is 0.667. The quantitative estimate of drug-likeness (QED) is 0.175.